The van der Waals surface area contributed by atoms with Crippen molar-refractivity contribution in [3.05, 3.63) is 29.3 Å². The van der Waals surface area contributed by atoms with Crippen LogP contribution in [0, 0.1) is 5.92 Å². The number of hydrogen-bond acceptors (Lipinski definition) is 4. The molecule has 1 aromatic rings. The molecule has 1 aliphatic heterocycles. The van der Waals surface area contributed by atoms with Gasteiger partial charge in [-0.05, 0) is 31.0 Å². The zero-order chi connectivity index (χ0) is 13.4. The zero-order valence-electron chi connectivity index (χ0n) is 11.3. The molecule has 0 bridgehead atoms. The third-order valence-electron chi connectivity index (χ3n) is 4.01. The van der Waals surface area contributed by atoms with Crippen LogP contribution in [0.3, 0.4) is 0 Å². The number of fused-ring (bicyclic) bond motifs is 1. The normalized spacial score (nSPS) is 30.2. The third kappa shape index (κ3) is 2.26. The van der Waals surface area contributed by atoms with Gasteiger partial charge >= 0.3 is 0 Å². The SMILES string of the molecule is COc1ccc2c(c1)C(=O)C(C1COCC(C)N1)C2. The molecule has 0 radical (unpaired) electrons. The Kier molecular flexibility index (Phi) is 3.29. The highest BCUT2D eigenvalue weighted by Crippen LogP contribution is 2.32. The van der Waals surface area contributed by atoms with E-state index in [1.54, 1.807) is 7.11 Å². The summed E-state index contributed by atoms with van der Waals surface area (Å²) >= 11 is 0. The Labute approximate surface area is 113 Å². The van der Waals surface area contributed by atoms with Crippen LogP contribution in [0.5, 0.6) is 5.75 Å². The Hall–Kier alpha value is -1.39. The molecule has 1 aromatic carbocycles. The predicted molar refractivity (Wildman–Crippen MR) is 71.7 cm³/mol. The average molecular weight is 261 g/mol. The first-order valence-corrected chi connectivity index (χ1v) is 6.74. The summed E-state index contributed by atoms with van der Waals surface area (Å²) < 4.78 is 10.8. The van der Waals surface area contributed by atoms with Gasteiger partial charge in [-0.3, -0.25) is 4.79 Å². The van der Waals surface area contributed by atoms with Gasteiger partial charge in [0.05, 0.1) is 20.3 Å². The Morgan fingerprint density at radius 3 is 2.95 bits per heavy atom. The van der Waals surface area contributed by atoms with Crippen LogP contribution in [0.1, 0.15) is 22.8 Å². The zero-order valence-corrected chi connectivity index (χ0v) is 11.3. The maximum atomic E-state index is 12.5. The lowest BCUT2D eigenvalue weighted by atomic mass is 9.94. The molecule has 2 aliphatic rings. The summed E-state index contributed by atoms with van der Waals surface area (Å²) in [5.74, 6) is 0.947. The number of nitrogens with one attached hydrogen (secondary N) is 1. The van der Waals surface area contributed by atoms with Crippen molar-refractivity contribution in [2.75, 3.05) is 20.3 Å². The number of morpholine rings is 1. The summed E-state index contributed by atoms with van der Waals surface area (Å²) in [5, 5.41) is 3.48. The number of hydrogen-bond donors (Lipinski definition) is 1. The lowest BCUT2D eigenvalue weighted by molar-refractivity contribution is 0.0321. The Morgan fingerprint density at radius 2 is 2.21 bits per heavy atom. The van der Waals surface area contributed by atoms with Gasteiger partial charge in [-0.2, -0.15) is 0 Å². The van der Waals surface area contributed by atoms with Gasteiger partial charge in [0.2, 0.25) is 0 Å². The van der Waals surface area contributed by atoms with Crippen LogP contribution >= 0.6 is 0 Å². The van der Waals surface area contributed by atoms with Crippen molar-refractivity contribution in [2.24, 2.45) is 5.92 Å². The van der Waals surface area contributed by atoms with Gasteiger partial charge in [-0.25, -0.2) is 0 Å². The number of benzene rings is 1. The predicted octanol–water partition coefficient (Wildman–Crippen LogP) is 1.43. The second-order valence-electron chi connectivity index (χ2n) is 5.41. The molecule has 1 aliphatic carbocycles. The van der Waals surface area contributed by atoms with Crippen LogP contribution < -0.4 is 10.1 Å². The summed E-state index contributed by atoms with van der Waals surface area (Å²) in [6.07, 6.45) is 0.798. The van der Waals surface area contributed by atoms with Crippen LogP contribution in [0.25, 0.3) is 0 Å². The molecule has 3 rings (SSSR count). The molecule has 1 heterocycles. The van der Waals surface area contributed by atoms with Gasteiger partial charge < -0.3 is 14.8 Å². The first kappa shape index (κ1) is 12.6. The van der Waals surface area contributed by atoms with E-state index in [0.717, 1.165) is 29.9 Å². The molecular weight excluding hydrogens is 242 g/mol. The molecular formula is C15H19NO3. The molecule has 0 aromatic heterocycles. The lowest BCUT2D eigenvalue weighted by Crippen LogP contribution is -2.52. The molecule has 0 amide bonds. The molecule has 1 N–H and O–H groups in total. The van der Waals surface area contributed by atoms with Crippen LogP contribution in [0.2, 0.25) is 0 Å². The molecule has 3 unspecified atom stereocenters. The number of ketones is 1. The summed E-state index contributed by atoms with van der Waals surface area (Å²) in [7, 11) is 1.62. The van der Waals surface area contributed by atoms with E-state index in [-0.39, 0.29) is 17.7 Å². The number of rotatable bonds is 2. The van der Waals surface area contributed by atoms with Crippen molar-refractivity contribution >= 4 is 5.78 Å². The molecule has 19 heavy (non-hydrogen) atoms. The molecule has 3 atom stereocenters. The molecule has 4 nitrogen and oxygen atoms in total. The van der Waals surface area contributed by atoms with Gasteiger partial charge in [0.15, 0.2) is 5.78 Å². The summed E-state index contributed by atoms with van der Waals surface area (Å²) in [6.45, 7) is 3.42. The minimum atomic E-state index is -0.00939. The van der Waals surface area contributed by atoms with Gasteiger partial charge in [0, 0.05) is 23.6 Å². The van der Waals surface area contributed by atoms with E-state index in [4.69, 9.17) is 9.47 Å². The second kappa shape index (κ2) is 4.94. The summed E-state index contributed by atoms with van der Waals surface area (Å²) in [4.78, 5) is 12.5. The highest BCUT2D eigenvalue weighted by atomic mass is 16.5. The quantitative estimate of drug-likeness (QED) is 0.875. The monoisotopic (exact) mass is 261 g/mol. The van der Waals surface area contributed by atoms with Gasteiger partial charge in [0.1, 0.15) is 5.75 Å². The standard InChI is InChI=1S/C15H19NO3/c1-9-7-19-8-14(16-9)13-5-10-3-4-11(18-2)6-12(10)15(13)17/h3-4,6,9,13-14,16H,5,7-8H2,1-2H3. The van der Waals surface area contributed by atoms with E-state index in [1.807, 2.05) is 18.2 Å². The van der Waals surface area contributed by atoms with Crippen molar-refractivity contribution < 1.29 is 14.3 Å². The van der Waals surface area contributed by atoms with Crippen molar-refractivity contribution in [3.8, 4) is 5.75 Å². The smallest absolute Gasteiger partial charge is 0.168 e. The molecule has 1 fully saturated rings. The van der Waals surface area contributed by atoms with Gasteiger partial charge in [-0.1, -0.05) is 6.07 Å². The highest BCUT2D eigenvalue weighted by molar-refractivity contribution is 6.03. The first-order valence-electron chi connectivity index (χ1n) is 6.74. The maximum absolute atomic E-state index is 12.5. The summed E-state index contributed by atoms with van der Waals surface area (Å²) in [6, 6.07) is 6.20. The molecule has 0 saturated carbocycles. The van der Waals surface area contributed by atoms with Crippen molar-refractivity contribution in [2.45, 2.75) is 25.4 Å². The number of methoxy groups -OCH3 is 1. The fourth-order valence-corrected chi connectivity index (χ4v) is 3.01. The lowest BCUT2D eigenvalue weighted by Gasteiger charge is -2.32. The van der Waals surface area contributed by atoms with Crippen molar-refractivity contribution in [3.63, 3.8) is 0 Å². The topological polar surface area (TPSA) is 47.6 Å². The van der Waals surface area contributed by atoms with E-state index in [2.05, 4.69) is 12.2 Å². The minimum Gasteiger partial charge on any atom is -0.497 e. The number of carbonyl (C=O) groups excluding carboxylic acids is 1. The van der Waals surface area contributed by atoms with Crippen LogP contribution in [0.15, 0.2) is 18.2 Å². The Morgan fingerprint density at radius 1 is 1.37 bits per heavy atom. The van der Waals surface area contributed by atoms with Crippen LogP contribution in [0.4, 0.5) is 0 Å². The van der Waals surface area contributed by atoms with E-state index < -0.39 is 0 Å². The number of ether oxygens (including phenoxy) is 2. The summed E-state index contributed by atoms with van der Waals surface area (Å²) in [5.41, 5.74) is 1.93. The van der Waals surface area contributed by atoms with Gasteiger partial charge in [0.25, 0.3) is 0 Å². The average Bonchev–Trinajstić information content (AvgIpc) is 2.76. The number of Topliss-reactive ketones (excluding diaryl/α,β-unsaturated/α-hetero) is 1. The van der Waals surface area contributed by atoms with E-state index in [9.17, 15) is 4.79 Å². The first-order chi connectivity index (χ1) is 9.19. The Bertz CT molecular complexity index is 500. The second-order valence-corrected chi connectivity index (χ2v) is 5.41. The van der Waals surface area contributed by atoms with Gasteiger partial charge in [-0.15, -0.1) is 0 Å². The molecule has 4 heteroatoms. The third-order valence-corrected chi connectivity index (χ3v) is 4.01. The van der Waals surface area contributed by atoms with Crippen LogP contribution in [-0.2, 0) is 11.2 Å². The highest BCUT2D eigenvalue weighted by Gasteiger charge is 2.38. The maximum Gasteiger partial charge on any atom is 0.168 e. The molecule has 1 saturated heterocycles. The van der Waals surface area contributed by atoms with E-state index >= 15 is 0 Å². The molecule has 0 spiro atoms. The fourth-order valence-electron chi connectivity index (χ4n) is 3.01. The fraction of sp³-hybridized carbons (Fsp3) is 0.533. The van der Waals surface area contributed by atoms with Crippen molar-refractivity contribution in [1.82, 2.24) is 5.32 Å². The Balaban J connectivity index is 1.82. The van der Waals surface area contributed by atoms with Crippen LogP contribution in [-0.4, -0.2) is 38.2 Å². The molecule has 102 valence electrons. The van der Waals surface area contributed by atoms with E-state index in [1.165, 1.54) is 0 Å². The minimum absolute atomic E-state index is 0.00939. The number of carbonyl (C=O) groups is 1. The van der Waals surface area contributed by atoms with Crippen molar-refractivity contribution in [1.29, 1.82) is 0 Å². The largest absolute Gasteiger partial charge is 0.497 e. The van der Waals surface area contributed by atoms with E-state index in [0.29, 0.717) is 12.6 Å².